The van der Waals surface area contributed by atoms with Crippen LogP contribution in [-0.2, 0) is 13.0 Å². The third kappa shape index (κ3) is 4.14. The minimum atomic E-state index is -0.128. The van der Waals surface area contributed by atoms with E-state index in [1.165, 1.54) is 24.6 Å². The average molecular weight is 287 g/mol. The first-order chi connectivity index (χ1) is 10.3. The Hall–Kier alpha value is -1.68. The number of aromatic amines is 1. The molecule has 2 aromatic rings. The lowest BCUT2D eigenvalue weighted by atomic mass is 9.91. The number of benzene rings is 1. The number of nitrogens with one attached hydrogen (secondary N) is 1. The monoisotopic (exact) mass is 287 g/mol. The number of hydrogen-bond donors (Lipinski definition) is 1. The SMILES string of the molecule is Fc1cccc(CC[C@H]2CCCN(Cc3cnc[nH]3)C2)c1. The zero-order valence-corrected chi connectivity index (χ0v) is 12.3. The maximum Gasteiger partial charge on any atom is 0.123 e. The molecule has 0 saturated carbocycles. The van der Waals surface area contributed by atoms with Crippen LogP contribution >= 0.6 is 0 Å². The zero-order valence-electron chi connectivity index (χ0n) is 12.3. The second kappa shape index (κ2) is 6.85. The van der Waals surface area contributed by atoms with Crippen molar-refractivity contribution in [2.24, 2.45) is 5.92 Å². The predicted octanol–water partition coefficient (Wildman–Crippen LogP) is 3.39. The standard InChI is InChI=1S/C17H22FN3/c18-16-5-1-3-14(9-16)6-7-15-4-2-8-21(11-15)12-17-10-19-13-20-17/h1,3,5,9-10,13,15H,2,4,6-8,11-12H2,(H,19,20)/t15-/m1/s1. The third-order valence-electron chi connectivity index (χ3n) is 4.28. The molecule has 1 fully saturated rings. The van der Waals surface area contributed by atoms with Gasteiger partial charge >= 0.3 is 0 Å². The fourth-order valence-electron chi connectivity index (χ4n) is 3.21. The Bertz CT molecular complexity index is 553. The summed E-state index contributed by atoms with van der Waals surface area (Å²) in [6, 6.07) is 6.99. The number of H-pyrrole nitrogens is 1. The van der Waals surface area contributed by atoms with Gasteiger partial charge in [0.15, 0.2) is 0 Å². The van der Waals surface area contributed by atoms with Gasteiger partial charge in [-0.25, -0.2) is 9.37 Å². The molecule has 0 unspecified atom stereocenters. The molecule has 1 aromatic carbocycles. The van der Waals surface area contributed by atoms with E-state index in [9.17, 15) is 4.39 Å². The number of hydrogen-bond acceptors (Lipinski definition) is 2. The van der Waals surface area contributed by atoms with Crippen LogP contribution in [-0.4, -0.2) is 28.0 Å². The van der Waals surface area contributed by atoms with E-state index in [-0.39, 0.29) is 5.82 Å². The van der Waals surface area contributed by atoms with Crippen molar-refractivity contribution in [1.29, 1.82) is 0 Å². The van der Waals surface area contributed by atoms with Gasteiger partial charge in [0.25, 0.3) is 0 Å². The topological polar surface area (TPSA) is 31.9 Å². The van der Waals surface area contributed by atoms with Crippen LogP contribution in [0.1, 0.15) is 30.5 Å². The lowest BCUT2D eigenvalue weighted by Crippen LogP contribution is -2.35. The summed E-state index contributed by atoms with van der Waals surface area (Å²) in [6.45, 7) is 3.25. The minimum absolute atomic E-state index is 0.128. The van der Waals surface area contributed by atoms with Crippen molar-refractivity contribution in [3.63, 3.8) is 0 Å². The molecule has 1 saturated heterocycles. The van der Waals surface area contributed by atoms with E-state index in [0.29, 0.717) is 5.92 Å². The van der Waals surface area contributed by atoms with E-state index in [2.05, 4.69) is 14.9 Å². The fourth-order valence-corrected chi connectivity index (χ4v) is 3.21. The van der Waals surface area contributed by atoms with E-state index >= 15 is 0 Å². The Kier molecular flexibility index (Phi) is 4.65. The first-order valence-electron chi connectivity index (χ1n) is 7.73. The zero-order chi connectivity index (χ0) is 14.5. The van der Waals surface area contributed by atoms with Gasteiger partial charge in [0.05, 0.1) is 6.33 Å². The smallest absolute Gasteiger partial charge is 0.123 e. The number of piperidine rings is 1. The highest BCUT2D eigenvalue weighted by molar-refractivity contribution is 5.16. The quantitative estimate of drug-likeness (QED) is 0.914. The first-order valence-corrected chi connectivity index (χ1v) is 7.73. The van der Waals surface area contributed by atoms with Gasteiger partial charge in [-0.2, -0.15) is 0 Å². The summed E-state index contributed by atoms with van der Waals surface area (Å²) in [5, 5.41) is 0. The molecule has 0 radical (unpaired) electrons. The molecule has 1 aliphatic heterocycles. The summed E-state index contributed by atoms with van der Waals surface area (Å²) >= 11 is 0. The third-order valence-corrected chi connectivity index (χ3v) is 4.28. The summed E-state index contributed by atoms with van der Waals surface area (Å²) in [6.07, 6.45) is 8.29. The highest BCUT2D eigenvalue weighted by atomic mass is 19.1. The predicted molar refractivity (Wildman–Crippen MR) is 81.3 cm³/mol. The van der Waals surface area contributed by atoms with Crippen LogP contribution < -0.4 is 0 Å². The van der Waals surface area contributed by atoms with Gasteiger partial charge in [-0.15, -0.1) is 0 Å². The number of aromatic nitrogens is 2. The minimum Gasteiger partial charge on any atom is -0.347 e. The molecule has 0 aliphatic carbocycles. The average Bonchev–Trinajstić information content (AvgIpc) is 2.99. The molecule has 0 spiro atoms. The number of halogens is 1. The van der Waals surface area contributed by atoms with Gasteiger partial charge in [0.1, 0.15) is 5.82 Å². The van der Waals surface area contributed by atoms with E-state index in [1.54, 1.807) is 18.5 Å². The molecule has 21 heavy (non-hydrogen) atoms. The van der Waals surface area contributed by atoms with E-state index in [1.807, 2.05) is 12.3 Å². The Balaban J connectivity index is 1.49. The summed E-state index contributed by atoms with van der Waals surface area (Å²) in [4.78, 5) is 9.74. The molecule has 1 atom stereocenters. The van der Waals surface area contributed by atoms with Gasteiger partial charge in [0.2, 0.25) is 0 Å². The molecular formula is C17H22FN3. The van der Waals surface area contributed by atoms with Crippen molar-refractivity contribution < 1.29 is 4.39 Å². The Labute approximate surface area is 125 Å². The fraction of sp³-hybridized carbons (Fsp3) is 0.471. The van der Waals surface area contributed by atoms with Crippen LogP contribution in [0.5, 0.6) is 0 Å². The number of nitrogens with zero attached hydrogens (tertiary/aromatic N) is 2. The van der Waals surface area contributed by atoms with Crippen molar-refractivity contribution in [2.75, 3.05) is 13.1 Å². The number of aryl methyl sites for hydroxylation is 1. The number of rotatable bonds is 5. The van der Waals surface area contributed by atoms with Crippen molar-refractivity contribution in [3.05, 3.63) is 53.9 Å². The Morgan fingerprint density at radius 1 is 1.38 bits per heavy atom. The van der Waals surface area contributed by atoms with Gasteiger partial charge in [0, 0.05) is 25.0 Å². The normalized spacial score (nSPS) is 19.8. The highest BCUT2D eigenvalue weighted by Gasteiger charge is 2.20. The molecule has 0 amide bonds. The maximum absolute atomic E-state index is 13.2. The second-order valence-corrected chi connectivity index (χ2v) is 5.99. The van der Waals surface area contributed by atoms with E-state index in [0.717, 1.165) is 38.0 Å². The van der Waals surface area contributed by atoms with E-state index in [4.69, 9.17) is 0 Å². The second-order valence-electron chi connectivity index (χ2n) is 5.99. The molecule has 112 valence electrons. The van der Waals surface area contributed by atoms with Gasteiger partial charge in [-0.1, -0.05) is 12.1 Å². The lowest BCUT2D eigenvalue weighted by Gasteiger charge is -2.32. The Morgan fingerprint density at radius 2 is 2.33 bits per heavy atom. The van der Waals surface area contributed by atoms with Crippen molar-refractivity contribution in [3.8, 4) is 0 Å². The lowest BCUT2D eigenvalue weighted by molar-refractivity contribution is 0.160. The molecule has 4 heteroatoms. The van der Waals surface area contributed by atoms with E-state index < -0.39 is 0 Å². The van der Waals surface area contributed by atoms with Crippen LogP contribution in [0.15, 0.2) is 36.8 Å². The summed E-state index contributed by atoms with van der Waals surface area (Å²) in [7, 11) is 0. The van der Waals surface area contributed by atoms with Crippen LogP contribution in [0.3, 0.4) is 0 Å². The van der Waals surface area contributed by atoms with Gasteiger partial charge in [-0.3, -0.25) is 4.90 Å². The maximum atomic E-state index is 13.2. The molecule has 1 aromatic heterocycles. The molecule has 3 rings (SSSR count). The van der Waals surface area contributed by atoms with Crippen molar-refractivity contribution in [1.82, 2.24) is 14.9 Å². The van der Waals surface area contributed by atoms with Crippen molar-refractivity contribution in [2.45, 2.75) is 32.2 Å². The van der Waals surface area contributed by atoms with Crippen LogP contribution in [0.25, 0.3) is 0 Å². The molecule has 2 heterocycles. The van der Waals surface area contributed by atoms with Gasteiger partial charge in [-0.05, 0) is 55.8 Å². The van der Waals surface area contributed by atoms with Crippen LogP contribution in [0.4, 0.5) is 4.39 Å². The first kappa shape index (κ1) is 14.3. The number of likely N-dealkylation sites (tertiary alicyclic amines) is 1. The summed E-state index contributed by atoms with van der Waals surface area (Å²) in [5.41, 5.74) is 2.29. The van der Waals surface area contributed by atoms with Gasteiger partial charge < -0.3 is 4.98 Å². The number of imidazole rings is 1. The summed E-state index contributed by atoms with van der Waals surface area (Å²) in [5.74, 6) is 0.585. The molecule has 1 aliphatic rings. The van der Waals surface area contributed by atoms with Crippen LogP contribution in [0, 0.1) is 11.7 Å². The highest BCUT2D eigenvalue weighted by Crippen LogP contribution is 2.22. The molecular weight excluding hydrogens is 265 g/mol. The Morgan fingerprint density at radius 3 is 3.14 bits per heavy atom. The van der Waals surface area contributed by atoms with Crippen LogP contribution in [0.2, 0.25) is 0 Å². The largest absolute Gasteiger partial charge is 0.347 e. The molecule has 1 N–H and O–H groups in total. The summed E-state index contributed by atoms with van der Waals surface area (Å²) < 4.78 is 13.2. The van der Waals surface area contributed by atoms with Crippen molar-refractivity contribution >= 4 is 0 Å². The molecule has 3 nitrogen and oxygen atoms in total. The molecule has 0 bridgehead atoms.